The van der Waals surface area contributed by atoms with E-state index < -0.39 is 17.3 Å². The number of hydrogen-bond donors (Lipinski definition) is 1. The quantitative estimate of drug-likeness (QED) is 0.676. The summed E-state index contributed by atoms with van der Waals surface area (Å²) in [6.45, 7) is 0. The van der Waals surface area contributed by atoms with Gasteiger partial charge in [-0.15, -0.1) is 11.3 Å². The smallest absolute Gasteiger partial charge is 0.266 e. The normalized spacial score (nSPS) is 11.6. The first-order valence-corrected chi connectivity index (χ1v) is 8.71. The third-order valence-corrected chi connectivity index (χ3v) is 4.88. The Morgan fingerprint density at radius 2 is 2.12 bits per heavy atom. The van der Waals surface area contributed by atoms with Crippen molar-refractivity contribution in [2.45, 2.75) is 5.92 Å². The van der Waals surface area contributed by atoms with Crippen molar-refractivity contribution in [2.24, 2.45) is 0 Å². The minimum Gasteiger partial charge on any atom is -0.497 e. The van der Waals surface area contributed by atoms with Gasteiger partial charge in [-0.2, -0.15) is 5.26 Å². The molecular formula is C18H12ClN3O3S. The lowest BCUT2D eigenvalue weighted by Gasteiger charge is -2.05. The van der Waals surface area contributed by atoms with Gasteiger partial charge in [-0.05, 0) is 30.3 Å². The molecule has 0 saturated carbocycles. The first-order chi connectivity index (χ1) is 12.5. The number of H-pyrrole nitrogens is 1. The van der Waals surface area contributed by atoms with E-state index in [1.165, 1.54) is 23.6 Å². The Bertz CT molecular complexity index is 1050. The Hall–Kier alpha value is -2.95. The van der Waals surface area contributed by atoms with Gasteiger partial charge in [-0.1, -0.05) is 11.6 Å². The number of hydrogen-bond acceptors (Lipinski definition) is 6. The molecule has 0 bridgehead atoms. The molecule has 2 heterocycles. The second kappa shape index (κ2) is 7.52. The molecule has 1 atom stereocenters. The van der Waals surface area contributed by atoms with Crippen LogP contribution in [0.25, 0.3) is 11.3 Å². The summed E-state index contributed by atoms with van der Waals surface area (Å²) in [6.07, 6.45) is 1.25. The Morgan fingerprint density at radius 1 is 1.38 bits per heavy atom. The van der Waals surface area contributed by atoms with E-state index in [2.05, 4.69) is 9.97 Å². The van der Waals surface area contributed by atoms with E-state index in [9.17, 15) is 14.9 Å². The number of halogens is 1. The van der Waals surface area contributed by atoms with Crippen molar-refractivity contribution in [3.8, 4) is 23.1 Å². The molecule has 26 heavy (non-hydrogen) atoms. The Balaban J connectivity index is 1.90. The van der Waals surface area contributed by atoms with Gasteiger partial charge in [0.15, 0.2) is 11.7 Å². The number of carbonyl (C=O) groups is 1. The van der Waals surface area contributed by atoms with Crippen LogP contribution in [-0.4, -0.2) is 22.9 Å². The van der Waals surface area contributed by atoms with E-state index in [1.807, 2.05) is 30.3 Å². The molecule has 3 rings (SSSR count). The largest absolute Gasteiger partial charge is 0.497 e. The predicted molar refractivity (Wildman–Crippen MR) is 98.9 cm³/mol. The van der Waals surface area contributed by atoms with Gasteiger partial charge in [0.25, 0.3) is 5.56 Å². The molecule has 0 radical (unpaired) electrons. The summed E-state index contributed by atoms with van der Waals surface area (Å²) in [5, 5.41) is 11.5. The van der Waals surface area contributed by atoms with Crippen molar-refractivity contribution in [3.63, 3.8) is 0 Å². The average molecular weight is 386 g/mol. The Morgan fingerprint density at radius 3 is 2.73 bits per heavy atom. The lowest BCUT2D eigenvalue weighted by atomic mass is 10.0. The monoisotopic (exact) mass is 385 g/mol. The predicted octanol–water partition coefficient (Wildman–Crippen LogP) is 3.65. The van der Waals surface area contributed by atoms with Crippen LogP contribution in [-0.2, 0) is 0 Å². The standard InChI is InChI=1S/C18H12ClN3O3S/c1-25-12-4-2-10(3-5-12)15-9-26-18(22-15)13(7-20)16(23)11-6-14(19)17(24)21-8-11/h2-6,8-9,13H,1H3,(H,21,24)/t13-/m1/s1. The van der Waals surface area contributed by atoms with Crippen LogP contribution in [0.5, 0.6) is 5.75 Å². The van der Waals surface area contributed by atoms with Crippen molar-refractivity contribution >= 4 is 28.7 Å². The third-order valence-electron chi connectivity index (χ3n) is 3.69. The van der Waals surface area contributed by atoms with Crippen LogP contribution >= 0.6 is 22.9 Å². The van der Waals surface area contributed by atoms with Crippen molar-refractivity contribution in [1.82, 2.24) is 9.97 Å². The zero-order chi connectivity index (χ0) is 18.7. The van der Waals surface area contributed by atoms with E-state index in [4.69, 9.17) is 16.3 Å². The van der Waals surface area contributed by atoms with E-state index in [1.54, 1.807) is 12.5 Å². The van der Waals surface area contributed by atoms with E-state index in [-0.39, 0.29) is 10.6 Å². The van der Waals surface area contributed by atoms with Gasteiger partial charge in [-0.3, -0.25) is 9.59 Å². The highest BCUT2D eigenvalue weighted by atomic mass is 35.5. The summed E-state index contributed by atoms with van der Waals surface area (Å²) in [7, 11) is 1.59. The highest BCUT2D eigenvalue weighted by Gasteiger charge is 2.26. The van der Waals surface area contributed by atoms with Gasteiger partial charge >= 0.3 is 0 Å². The fraction of sp³-hybridized carbons (Fsp3) is 0.111. The number of nitrogens with zero attached hydrogens (tertiary/aromatic N) is 2. The molecule has 0 spiro atoms. The summed E-state index contributed by atoms with van der Waals surface area (Å²) < 4.78 is 5.12. The summed E-state index contributed by atoms with van der Waals surface area (Å²) in [4.78, 5) is 30.7. The average Bonchev–Trinajstić information content (AvgIpc) is 3.14. The van der Waals surface area contributed by atoms with Gasteiger partial charge in [0.2, 0.25) is 0 Å². The van der Waals surface area contributed by atoms with E-state index in [0.29, 0.717) is 10.7 Å². The van der Waals surface area contributed by atoms with Crippen LogP contribution in [0, 0.1) is 11.3 Å². The Labute approximate surface area is 157 Å². The zero-order valence-corrected chi connectivity index (χ0v) is 15.1. The maximum Gasteiger partial charge on any atom is 0.266 e. The fourth-order valence-electron chi connectivity index (χ4n) is 2.31. The van der Waals surface area contributed by atoms with E-state index in [0.717, 1.165) is 11.3 Å². The molecule has 0 unspecified atom stereocenters. The molecule has 6 nitrogen and oxygen atoms in total. The van der Waals surface area contributed by atoms with Gasteiger partial charge in [0, 0.05) is 22.7 Å². The number of ether oxygens (including phenoxy) is 1. The summed E-state index contributed by atoms with van der Waals surface area (Å²) in [5.74, 6) is -0.820. The molecule has 0 aliphatic carbocycles. The topological polar surface area (TPSA) is 95.8 Å². The van der Waals surface area contributed by atoms with Gasteiger partial charge in [0.1, 0.15) is 15.8 Å². The van der Waals surface area contributed by atoms with E-state index >= 15 is 0 Å². The van der Waals surface area contributed by atoms with Crippen molar-refractivity contribution in [3.05, 3.63) is 67.9 Å². The minimum absolute atomic E-state index is 0.106. The molecule has 3 aromatic rings. The third kappa shape index (κ3) is 3.52. The SMILES string of the molecule is COc1ccc(-c2csc([C@H](C#N)C(=O)c3c[nH]c(=O)c(Cl)c3)n2)cc1. The summed E-state index contributed by atoms with van der Waals surface area (Å²) in [6, 6.07) is 10.5. The molecule has 2 aromatic heterocycles. The number of aromatic nitrogens is 2. The number of rotatable bonds is 5. The van der Waals surface area contributed by atoms with Gasteiger partial charge in [0.05, 0.1) is 18.9 Å². The number of methoxy groups -OCH3 is 1. The number of pyridine rings is 1. The number of nitriles is 1. The highest BCUT2D eigenvalue weighted by molar-refractivity contribution is 7.10. The van der Waals surface area contributed by atoms with Crippen molar-refractivity contribution in [2.75, 3.05) is 7.11 Å². The molecule has 0 aliphatic heterocycles. The molecule has 130 valence electrons. The number of ketones is 1. The number of benzene rings is 1. The molecule has 0 aliphatic rings. The molecule has 8 heteroatoms. The van der Waals surface area contributed by atoms with Gasteiger partial charge < -0.3 is 9.72 Å². The molecule has 1 N–H and O–H groups in total. The number of thiazole rings is 1. The zero-order valence-electron chi connectivity index (χ0n) is 13.5. The van der Waals surface area contributed by atoms with Crippen molar-refractivity contribution in [1.29, 1.82) is 5.26 Å². The van der Waals surface area contributed by atoms with Gasteiger partial charge in [-0.25, -0.2) is 4.98 Å². The second-order valence-electron chi connectivity index (χ2n) is 5.29. The molecule has 0 saturated heterocycles. The van der Waals surface area contributed by atoms with Crippen molar-refractivity contribution < 1.29 is 9.53 Å². The first kappa shape index (κ1) is 17.9. The maximum atomic E-state index is 12.6. The minimum atomic E-state index is -1.08. The summed E-state index contributed by atoms with van der Waals surface area (Å²) in [5.41, 5.74) is 1.18. The highest BCUT2D eigenvalue weighted by Crippen LogP contribution is 2.29. The lowest BCUT2D eigenvalue weighted by Crippen LogP contribution is -2.14. The van der Waals surface area contributed by atoms with Crippen LogP contribution in [0.1, 0.15) is 21.3 Å². The van der Waals surface area contributed by atoms with Crippen LogP contribution in [0.3, 0.4) is 0 Å². The number of Topliss-reactive ketones (excluding diaryl/α,β-unsaturated/α-hetero) is 1. The second-order valence-corrected chi connectivity index (χ2v) is 6.59. The maximum absolute atomic E-state index is 12.6. The molecular weight excluding hydrogens is 374 g/mol. The van der Waals surface area contributed by atoms with Crippen LogP contribution in [0.4, 0.5) is 0 Å². The van der Waals surface area contributed by atoms with Crippen LogP contribution in [0.2, 0.25) is 5.02 Å². The molecule has 0 fully saturated rings. The number of carbonyl (C=O) groups excluding carboxylic acids is 1. The Kier molecular flexibility index (Phi) is 5.16. The number of nitrogens with one attached hydrogen (secondary N) is 1. The molecule has 0 amide bonds. The lowest BCUT2D eigenvalue weighted by molar-refractivity contribution is 0.0978. The first-order valence-electron chi connectivity index (χ1n) is 7.45. The van der Waals surface area contributed by atoms with Crippen LogP contribution < -0.4 is 10.3 Å². The van der Waals surface area contributed by atoms with Crippen LogP contribution in [0.15, 0.2) is 46.7 Å². The molecule has 1 aromatic carbocycles. The fourth-order valence-corrected chi connectivity index (χ4v) is 3.35. The summed E-state index contributed by atoms with van der Waals surface area (Å²) >= 11 is 6.99. The number of aromatic amines is 1.